The van der Waals surface area contributed by atoms with Crippen molar-refractivity contribution >= 4 is 33.0 Å². The average molecular weight is 301 g/mol. The molecule has 0 aliphatic carbocycles. The van der Waals surface area contributed by atoms with Crippen molar-refractivity contribution in [1.82, 2.24) is 0 Å². The Labute approximate surface area is 116 Å². The lowest BCUT2D eigenvalue weighted by Crippen LogP contribution is -2.00. The molecule has 0 atom stereocenters. The van der Waals surface area contributed by atoms with E-state index in [0.29, 0.717) is 21.2 Å². The highest BCUT2D eigenvalue weighted by molar-refractivity contribution is 7.90. The van der Waals surface area contributed by atoms with Crippen LogP contribution < -0.4 is 0 Å². The van der Waals surface area contributed by atoms with E-state index in [1.54, 1.807) is 36.4 Å². The van der Waals surface area contributed by atoms with E-state index >= 15 is 0 Å². The van der Waals surface area contributed by atoms with Gasteiger partial charge in [0.25, 0.3) is 0 Å². The van der Waals surface area contributed by atoms with Crippen molar-refractivity contribution < 1.29 is 8.42 Å². The van der Waals surface area contributed by atoms with Crippen molar-refractivity contribution in [2.45, 2.75) is 4.90 Å². The topological polar surface area (TPSA) is 34.1 Å². The minimum atomic E-state index is -3.36. The van der Waals surface area contributed by atoms with Gasteiger partial charge in [-0.3, -0.25) is 0 Å². The SMILES string of the molecule is CS(=O)(=O)c1cccc(Cl)c1-c1ccccc1Cl. The van der Waals surface area contributed by atoms with Crippen LogP contribution in [-0.2, 0) is 9.84 Å². The second-order valence-corrected chi connectivity index (χ2v) is 6.66. The molecule has 0 N–H and O–H groups in total. The quantitative estimate of drug-likeness (QED) is 0.838. The van der Waals surface area contributed by atoms with Crippen molar-refractivity contribution in [3.05, 3.63) is 52.5 Å². The Morgan fingerprint density at radius 2 is 1.50 bits per heavy atom. The van der Waals surface area contributed by atoms with Crippen LogP contribution in [0.2, 0.25) is 10.0 Å². The third-order valence-electron chi connectivity index (χ3n) is 2.52. The largest absolute Gasteiger partial charge is 0.224 e. The Balaban J connectivity index is 2.84. The van der Waals surface area contributed by atoms with E-state index in [1.807, 2.05) is 0 Å². The summed E-state index contributed by atoms with van der Waals surface area (Å²) in [5.74, 6) is 0. The van der Waals surface area contributed by atoms with Crippen LogP contribution in [0.3, 0.4) is 0 Å². The van der Waals surface area contributed by atoms with Gasteiger partial charge < -0.3 is 0 Å². The average Bonchev–Trinajstić information content (AvgIpc) is 2.29. The molecule has 0 amide bonds. The Kier molecular flexibility index (Phi) is 3.66. The van der Waals surface area contributed by atoms with Crippen molar-refractivity contribution in [1.29, 1.82) is 0 Å². The van der Waals surface area contributed by atoms with E-state index in [-0.39, 0.29) is 4.90 Å². The maximum atomic E-state index is 11.8. The minimum Gasteiger partial charge on any atom is -0.224 e. The molecule has 5 heteroatoms. The Hall–Kier alpha value is -1.03. The zero-order valence-electron chi connectivity index (χ0n) is 9.52. The molecular formula is C13H10Cl2O2S. The highest BCUT2D eigenvalue weighted by Crippen LogP contribution is 2.37. The van der Waals surface area contributed by atoms with Crippen LogP contribution in [-0.4, -0.2) is 14.7 Å². The van der Waals surface area contributed by atoms with Gasteiger partial charge in [-0.2, -0.15) is 0 Å². The van der Waals surface area contributed by atoms with Crippen LogP contribution in [0.5, 0.6) is 0 Å². The third kappa shape index (κ3) is 2.53. The molecular weight excluding hydrogens is 291 g/mol. The van der Waals surface area contributed by atoms with E-state index in [4.69, 9.17) is 23.2 Å². The highest BCUT2D eigenvalue weighted by atomic mass is 35.5. The van der Waals surface area contributed by atoms with Crippen LogP contribution in [0.15, 0.2) is 47.4 Å². The maximum Gasteiger partial charge on any atom is 0.176 e. The van der Waals surface area contributed by atoms with Gasteiger partial charge in [-0.25, -0.2) is 8.42 Å². The molecule has 0 saturated carbocycles. The summed E-state index contributed by atoms with van der Waals surface area (Å²) in [5.41, 5.74) is 1.07. The molecule has 0 heterocycles. The summed E-state index contributed by atoms with van der Waals surface area (Å²) in [6, 6.07) is 11.8. The fourth-order valence-corrected chi connectivity index (χ4v) is 3.22. The van der Waals surface area contributed by atoms with E-state index in [2.05, 4.69) is 0 Å². The van der Waals surface area contributed by atoms with Gasteiger partial charge in [-0.1, -0.05) is 47.5 Å². The van der Waals surface area contributed by atoms with E-state index in [9.17, 15) is 8.42 Å². The van der Waals surface area contributed by atoms with Crippen LogP contribution in [0.25, 0.3) is 11.1 Å². The van der Waals surface area contributed by atoms with Crippen molar-refractivity contribution in [3.8, 4) is 11.1 Å². The van der Waals surface area contributed by atoms with Gasteiger partial charge in [-0.05, 0) is 18.2 Å². The first-order valence-electron chi connectivity index (χ1n) is 5.15. The molecule has 0 bridgehead atoms. The second-order valence-electron chi connectivity index (χ2n) is 3.86. The minimum absolute atomic E-state index is 0.183. The summed E-state index contributed by atoms with van der Waals surface area (Å²) in [6.45, 7) is 0. The molecule has 0 spiro atoms. The normalized spacial score (nSPS) is 11.5. The lowest BCUT2D eigenvalue weighted by Gasteiger charge is -2.11. The predicted molar refractivity (Wildman–Crippen MR) is 75.0 cm³/mol. The molecule has 94 valence electrons. The van der Waals surface area contributed by atoms with Gasteiger partial charge in [-0.15, -0.1) is 0 Å². The molecule has 2 aromatic rings. The van der Waals surface area contributed by atoms with Gasteiger partial charge in [0.2, 0.25) is 0 Å². The molecule has 0 aliphatic rings. The molecule has 18 heavy (non-hydrogen) atoms. The number of hydrogen-bond donors (Lipinski definition) is 0. The molecule has 0 radical (unpaired) electrons. The lowest BCUT2D eigenvalue weighted by atomic mass is 10.1. The van der Waals surface area contributed by atoms with Gasteiger partial charge in [0, 0.05) is 27.4 Å². The summed E-state index contributed by atoms with van der Waals surface area (Å²) >= 11 is 12.2. The van der Waals surface area contributed by atoms with E-state index < -0.39 is 9.84 Å². The standard InChI is InChI=1S/C13H10Cl2O2S/c1-18(16,17)12-8-4-7-11(15)13(12)9-5-2-3-6-10(9)14/h2-8H,1H3. The zero-order chi connectivity index (χ0) is 13.3. The Morgan fingerprint density at radius 3 is 2.11 bits per heavy atom. The molecule has 2 rings (SSSR count). The molecule has 2 nitrogen and oxygen atoms in total. The third-order valence-corrected chi connectivity index (χ3v) is 4.30. The van der Waals surface area contributed by atoms with Gasteiger partial charge in [0.1, 0.15) is 0 Å². The predicted octanol–water partition coefficient (Wildman–Crippen LogP) is 4.06. The highest BCUT2D eigenvalue weighted by Gasteiger charge is 2.18. The Morgan fingerprint density at radius 1 is 0.889 bits per heavy atom. The smallest absolute Gasteiger partial charge is 0.176 e. The monoisotopic (exact) mass is 300 g/mol. The van der Waals surface area contributed by atoms with E-state index in [1.165, 1.54) is 6.07 Å². The van der Waals surface area contributed by atoms with Crippen LogP contribution in [0.4, 0.5) is 0 Å². The van der Waals surface area contributed by atoms with Gasteiger partial charge in [0.05, 0.1) is 4.90 Å². The van der Waals surface area contributed by atoms with Crippen LogP contribution in [0, 0.1) is 0 Å². The molecule has 0 aliphatic heterocycles. The summed E-state index contributed by atoms with van der Waals surface area (Å²) in [7, 11) is -3.36. The van der Waals surface area contributed by atoms with Crippen LogP contribution >= 0.6 is 23.2 Å². The van der Waals surface area contributed by atoms with Crippen molar-refractivity contribution in [3.63, 3.8) is 0 Å². The summed E-state index contributed by atoms with van der Waals surface area (Å²) in [5, 5.41) is 0.835. The Bertz CT molecular complexity index is 694. The molecule has 0 saturated heterocycles. The van der Waals surface area contributed by atoms with Crippen molar-refractivity contribution in [2.24, 2.45) is 0 Å². The van der Waals surface area contributed by atoms with E-state index in [0.717, 1.165) is 6.26 Å². The molecule has 0 unspecified atom stereocenters. The molecule has 0 aromatic heterocycles. The first-order valence-corrected chi connectivity index (χ1v) is 7.79. The maximum absolute atomic E-state index is 11.8. The summed E-state index contributed by atoms with van der Waals surface area (Å²) < 4.78 is 23.6. The van der Waals surface area contributed by atoms with Gasteiger partial charge in [0.15, 0.2) is 9.84 Å². The number of benzene rings is 2. The van der Waals surface area contributed by atoms with Crippen LogP contribution in [0.1, 0.15) is 0 Å². The first kappa shape index (κ1) is 13.4. The number of hydrogen-bond acceptors (Lipinski definition) is 2. The lowest BCUT2D eigenvalue weighted by molar-refractivity contribution is 0.602. The zero-order valence-corrected chi connectivity index (χ0v) is 11.9. The van der Waals surface area contributed by atoms with Crippen molar-refractivity contribution in [2.75, 3.05) is 6.26 Å². The fraction of sp³-hybridized carbons (Fsp3) is 0.0769. The van der Waals surface area contributed by atoms with Gasteiger partial charge >= 0.3 is 0 Å². The number of sulfone groups is 1. The molecule has 0 fully saturated rings. The number of halogens is 2. The first-order chi connectivity index (χ1) is 8.41. The molecule has 2 aromatic carbocycles. The number of rotatable bonds is 2. The fourth-order valence-electron chi connectivity index (χ4n) is 1.74. The summed E-state index contributed by atoms with van der Waals surface area (Å²) in [4.78, 5) is 0.183. The second kappa shape index (κ2) is 4.92. The summed E-state index contributed by atoms with van der Waals surface area (Å²) in [6.07, 6.45) is 1.15.